The molecule has 0 saturated heterocycles. The highest BCUT2D eigenvalue weighted by Crippen LogP contribution is 2.30. The van der Waals surface area contributed by atoms with E-state index in [1.807, 2.05) is 23.7 Å². The predicted molar refractivity (Wildman–Crippen MR) is 82.5 cm³/mol. The fourth-order valence-electron chi connectivity index (χ4n) is 2.01. The summed E-state index contributed by atoms with van der Waals surface area (Å²) in [6.45, 7) is 0. The summed E-state index contributed by atoms with van der Waals surface area (Å²) in [5.41, 5.74) is 4.46. The Balaban J connectivity index is 1.72. The minimum Gasteiger partial charge on any atom is -0.331 e. The van der Waals surface area contributed by atoms with Crippen LogP contribution in [0.2, 0.25) is 0 Å². The number of anilines is 2. The van der Waals surface area contributed by atoms with Gasteiger partial charge in [0, 0.05) is 11.8 Å². The van der Waals surface area contributed by atoms with Gasteiger partial charge in [-0.2, -0.15) is 0 Å². The Kier molecular flexibility index (Phi) is 2.64. The number of thiazole rings is 2. The molecule has 3 nitrogen and oxygen atoms in total. The maximum Gasteiger partial charge on any atom is 0.188 e. The van der Waals surface area contributed by atoms with Gasteiger partial charge in [0.25, 0.3) is 0 Å². The van der Waals surface area contributed by atoms with Gasteiger partial charge in [0.2, 0.25) is 0 Å². The van der Waals surface area contributed by atoms with E-state index in [4.69, 9.17) is 0 Å². The summed E-state index contributed by atoms with van der Waals surface area (Å²) in [7, 11) is 0. The fraction of sp³-hybridized carbons (Fsp3) is 0. The smallest absolute Gasteiger partial charge is 0.188 e. The van der Waals surface area contributed by atoms with Crippen LogP contribution in [-0.4, -0.2) is 9.97 Å². The quantitative estimate of drug-likeness (QED) is 0.578. The standard InChI is InChI=1S/C14H8FN3S2/c15-8-1-4-12-11(5-8)18-14(20-12)17-9-2-3-10-13(6-9)19-7-16-10/h1-7H,(H,17,18). The Hall–Kier alpha value is -2.05. The number of rotatable bonds is 2. The largest absolute Gasteiger partial charge is 0.331 e. The molecule has 0 bridgehead atoms. The lowest BCUT2D eigenvalue weighted by molar-refractivity contribution is 0.629. The number of halogens is 1. The van der Waals surface area contributed by atoms with Crippen LogP contribution in [0.1, 0.15) is 0 Å². The molecule has 4 rings (SSSR count). The van der Waals surface area contributed by atoms with E-state index in [-0.39, 0.29) is 5.82 Å². The molecule has 0 amide bonds. The Labute approximate surface area is 121 Å². The average Bonchev–Trinajstić information content (AvgIpc) is 3.03. The van der Waals surface area contributed by atoms with Gasteiger partial charge in [0.1, 0.15) is 5.82 Å². The number of hydrogen-bond acceptors (Lipinski definition) is 5. The van der Waals surface area contributed by atoms with Gasteiger partial charge in [-0.05, 0) is 30.3 Å². The first-order chi connectivity index (χ1) is 9.78. The maximum atomic E-state index is 13.2. The summed E-state index contributed by atoms with van der Waals surface area (Å²) in [5, 5.41) is 4.02. The van der Waals surface area contributed by atoms with Gasteiger partial charge in [-0.3, -0.25) is 0 Å². The molecular weight excluding hydrogens is 293 g/mol. The lowest BCUT2D eigenvalue weighted by atomic mass is 10.3. The molecule has 0 aliphatic rings. The second kappa shape index (κ2) is 4.50. The molecule has 0 spiro atoms. The van der Waals surface area contributed by atoms with E-state index in [2.05, 4.69) is 15.3 Å². The number of fused-ring (bicyclic) bond motifs is 2. The Morgan fingerprint density at radius 1 is 1.00 bits per heavy atom. The molecule has 6 heteroatoms. The van der Waals surface area contributed by atoms with Crippen LogP contribution in [0.5, 0.6) is 0 Å². The van der Waals surface area contributed by atoms with E-state index in [9.17, 15) is 4.39 Å². The zero-order valence-electron chi connectivity index (χ0n) is 10.1. The van der Waals surface area contributed by atoms with Gasteiger partial charge >= 0.3 is 0 Å². The molecule has 0 fully saturated rings. The van der Waals surface area contributed by atoms with E-state index in [0.717, 1.165) is 25.7 Å². The van der Waals surface area contributed by atoms with Gasteiger partial charge in [0.15, 0.2) is 5.13 Å². The van der Waals surface area contributed by atoms with Gasteiger partial charge in [-0.1, -0.05) is 11.3 Å². The third-order valence-corrected chi connectivity index (χ3v) is 4.68. The van der Waals surface area contributed by atoms with Crippen LogP contribution in [0, 0.1) is 5.82 Å². The first kappa shape index (κ1) is 11.7. The van der Waals surface area contributed by atoms with Crippen molar-refractivity contribution in [2.45, 2.75) is 0 Å². The molecule has 1 N–H and O–H groups in total. The maximum absolute atomic E-state index is 13.2. The van der Waals surface area contributed by atoms with Gasteiger partial charge in [0.05, 0.1) is 25.9 Å². The molecule has 0 unspecified atom stereocenters. The number of nitrogens with one attached hydrogen (secondary N) is 1. The van der Waals surface area contributed by atoms with Crippen molar-refractivity contribution in [3.63, 3.8) is 0 Å². The summed E-state index contributed by atoms with van der Waals surface area (Å²) in [4.78, 5) is 8.64. The molecular formula is C14H8FN3S2. The Morgan fingerprint density at radius 3 is 2.90 bits per heavy atom. The van der Waals surface area contributed by atoms with Crippen LogP contribution >= 0.6 is 22.7 Å². The summed E-state index contributed by atoms with van der Waals surface area (Å²) in [5.74, 6) is -0.263. The SMILES string of the molecule is Fc1ccc2sc(Nc3ccc4ncsc4c3)nc2c1. The zero-order chi connectivity index (χ0) is 13.5. The summed E-state index contributed by atoms with van der Waals surface area (Å²) < 4.78 is 15.2. The Bertz CT molecular complexity index is 913. The van der Waals surface area contributed by atoms with Crippen molar-refractivity contribution in [3.8, 4) is 0 Å². The van der Waals surface area contributed by atoms with Crippen molar-refractivity contribution < 1.29 is 4.39 Å². The molecule has 0 radical (unpaired) electrons. The van der Waals surface area contributed by atoms with Crippen LogP contribution in [0.15, 0.2) is 41.9 Å². The highest BCUT2D eigenvalue weighted by Gasteiger charge is 2.06. The van der Waals surface area contributed by atoms with Crippen LogP contribution in [0.4, 0.5) is 15.2 Å². The van der Waals surface area contributed by atoms with Crippen molar-refractivity contribution >= 4 is 53.9 Å². The number of aromatic nitrogens is 2. The van der Waals surface area contributed by atoms with Crippen molar-refractivity contribution in [2.75, 3.05) is 5.32 Å². The number of hydrogen-bond donors (Lipinski definition) is 1. The summed E-state index contributed by atoms with van der Waals surface area (Å²) >= 11 is 3.11. The third kappa shape index (κ3) is 2.03. The first-order valence-corrected chi connectivity index (χ1v) is 7.64. The molecule has 20 heavy (non-hydrogen) atoms. The van der Waals surface area contributed by atoms with Crippen molar-refractivity contribution in [2.24, 2.45) is 0 Å². The van der Waals surface area contributed by atoms with Crippen LogP contribution in [0.25, 0.3) is 20.4 Å². The van der Waals surface area contributed by atoms with Crippen LogP contribution in [-0.2, 0) is 0 Å². The van der Waals surface area contributed by atoms with E-state index in [1.165, 1.54) is 23.5 Å². The van der Waals surface area contributed by atoms with Crippen LogP contribution < -0.4 is 5.32 Å². The lowest BCUT2D eigenvalue weighted by Gasteiger charge is -2.01. The van der Waals surface area contributed by atoms with Crippen molar-refractivity contribution in [3.05, 3.63) is 47.7 Å². The molecule has 4 aromatic rings. The lowest BCUT2D eigenvalue weighted by Crippen LogP contribution is -1.88. The van der Waals surface area contributed by atoms with Gasteiger partial charge in [-0.25, -0.2) is 14.4 Å². The average molecular weight is 301 g/mol. The van der Waals surface area contributed by atoms with Crippen molar-refractivity contribution in [1.82, 2.24) is 9.97 Å². The second-order valence-electron chi connectivity index (χ2n) is 4.29. The second-order valence-corrected chi connectivity index (χ2v) is 6.21. The summed E-state index contributed by atoms with van der Waals surface area (Å²) in [6, 6.07) is 10.6. The molecule has 0 atom stereocenters. The first-order valence-electron chi connectivity index (χ1n) is 5.94. The zero-order valence-corrected chi connectivity index (χ0v) is 11.8. The molecule has 0 aliphatic carbocycles. The topological polar surface area (TPSA) is 37.8 Å². The predicted octanol–water partition coefficient (Wildman–Crippen LogP) is 4.79. The highest BCUT2D eigenvalue weighted by molar-refractivity contribution is 7.22. The van der Waals surface area contributed by atoms with E-state index in [1.54, 1.807) is 17.4 Å². The van der Waals surface area contributed by atoms with E-state index in [0.29, 0.717) is 5.52 Å². The fourth-order valence-corrected chi connectivity index (χ4v) is 3.59. The van der Waals surface area contributed by atoms with Crippen molar-refractivity contribution in [1.29, 1.82) is 0 Å². The normalized spacial score (nSPS) is 11.2. The molecule has 2 heterocycles. The molecule has 0 saturated carbocycles. The van der Waals surface area contributed by atoms with E-state index >= 15 is 0 Å². The van der Waals surface area contributed by atoms with Gasteiger partial charge < -0.3 is 5.32 Å². The molecule has 2 aromatic heterocycles. The monoisotopic (exact) mass is 301 g/mol. The third-order valence-electron chi connectivity index (χ3n) is 2.93. The van der Waals surface area contributed by atoms with Crippen LogP contribution in [0.3, 0.4) is 0 Å². The minimum atomic E-state index is -0.263. The number of benzene rings is 2. The highest BCUT2D eigenvalue weighted by atomic mass is 32.1. The van der Waals surface area contributed by atoms with Gasteiger partial charge in [-0.15, -0.1) is 11.3 Å². The number of nitrogens with zero attached hydrogens (tertiary/aromatic N) is 2. The molecule has 0 aliphatic heterocycles. The Morgan fingerprint density at radius 2 is 1.95 bits per heavy atom. The minimum absolute atomic E-state index is 0.263. The molecule has 98 valence electrons. The van der Waals surface area contributed by atoms with E-state index < -0.39 is 0 Å². The summed E-state index contributed by atoms with van der Waals surface area (Å²) in [6.07, 6.45) is 0. The molecule has 2 aromatic carbocycles.